The van der Waals surface area contributed by atoms with Crippen LogP contribution < -0.4 is 16.0 Å². The highest BCUT2D eigenvalue weighted by molar-refractivity contribution is 5.98. The molecule has 1 atom stereocenters. The molecule has 1 saturated heterocycles. The van der Waals surface area contributed by atoms with Gasteiger partial charge in [-0.15, -0.1) is 0 Å². The Kier molecular flexibility index (Phi) is 4.81. The summed E-state index contributed by atoms with van der Waals surface area (Å²) in [4.78, 5) is 37.4. The molecule has 0 radical (unpaired) electrons. The molecule has 9 nitrogen and oxygen atoms in total. The first-order valence-corrected chi connectivity index (χ1v) is 6.53. The van der Waals surface area contributed by atoms with E-state index in [9.17, 15) is 27.6 Å². The average molecular weight is 335 g/mol. The number of imide groups is 1. The number of hydrogen-bond acceptors (Lipinski definition) is 6. The molecular formula is C11H12F3N5O4. The Morgan fingerprint density at radius 1 is 1.39 bits per heavy atom. The number of rotatable bonds is 4. The van der Waals surface area contributed by atoms with Crippen LogP contribution in [0.4, 0.5) is 18.0 Å². The predicted molar refractivity (Wildman–Crippen MR) is 65.7 cm³/mol. The Morgan fingerprint density at radius 3 is 2.78 bits per heavy atom. The zero-order chi connectivity index (χ0) is 17.0. The molecule has 126 valence electrons. The van der Waals surface area contributed by atoms with Gasteiger partial charge in [0.25, 0.3) is 0 Å². The van der Waals surface area contributed by atoms with Gasteiger partial charge in [-0.05, 0) is 6.42 Å². The van der Waals surface area contributed by atoms with Gasteiger partial charge < -0.3 is 15.2 Å². The van der Waals surface area contributed by atoms with Crippen molar-refractivity contribution in [3.8, 4) is 0 Å². The van der Waals surface area contributed by atoms with Crippen LogP contribution in [0.25, 0.3) is 0 Å². The fourth-order valence-electron chi connectivity index (χ4n) is 1.82. The number of amides is 4. The lowest BCUT2D eigenvalue weighted by molar-refractivity contribution is -0.159. The van der Waals surface area contributed by atoms with Crippen molar-refractivity contribution < 1.29 is 32.1 Å². The van der Waals surface area contributed by atoms with E-state index >= 15 is 0 Å². The average Bonchev–Trinajstić information content (AvgIpc) is 2.85. The minimum Gasteiger partial charge on any atom is -0.354 e. The van der Waals surface area contributed by atoms with E-state index in [0.29, 0.717) is 0 Å². The highest BCUT2D eigenvalue weighted by Gasteiger charge is 2.38. The minimum absolute atomic E-state index is 0.00336. The third-order valence-electron chi connectivity index (χ3n) is 2.89. The van der Waals surface area contributed by atoms with Crippen LogP contribution in [-0.2, 0) is 22.2 Å². The van der Waals surface area contributed by atoms with Gasteiger partial charge in [-0.3, -0.25) is 14.9 Å². The van der Waals surface area contributed by atoms with Gasteiger partial charge in [-0.1, -0.05) is 5.16 Å². The zero-order valence-electron chi connectivity index (χ0n) is 11.6. The van der Waals surface area contributed by atoms with Crippen molar-refractivity contribution in [1.29, 1.82) is 0 Å². The third kappa shape index (κ3) is 4.66. The van der Waals surface area contributed by atoms with E-state index in [-0.39, 0.29) is 31.6 Å². The van der Waals surface area contributed by atoms with Crippen LogP contribution in [0.3, 0.4) is 0 Å². The first kappa shape index (κ1) is 16.7. The molecule has 2 heterocycles. The summed E-state index contributed by atoms with van der Waals surface area (Å²) < 4.78 is 40.8. The van der Waals surface area contributed by atoms with E-state index < -0.39 is 36.0 Å². The maximum absolute atomic E-state index is 12.3. The summed E-state index contributed by atoms with van der Waals surface area (Å²) in [5.41, 5.74) is 0. The van der Waals surface area contributed by atoms with Crippen molar-refractivity contribution >= 4 is 17.8 Å². The van der Waals surface area contributed by atoms with Crippen LogP contribution in [0.5, 0.6) is 0 Å². The number of hydrogen-bond donors (Lipinski definition) is 3. The molecule has 1 aromatic heterocycles. The van der Waals surface area contributed by atoms with Gasteiger partial charge >= 0.3 is 18.1 Å². The van der Waals surface area contributed by atoms with Gasteiger partial charge in [0.2, 0.25) is 11.8 Å². The van der Waals surface area contributed by atoms with Crippen LogP contribution in [0.2, 0.25) is 0 Å². The maximum atomic E-state index is 12.3. The van der Waals surface area contributed by atoms with Crippen molar-refractivity contribution in [2.24, 2.45) is 0 Å². The molecule has 1 aromatic rings. The quantitative estimate of drug-likeness (QED) is 0.696. The minimum atomic E-state index is -4.72. The van der Waals surface area contributed by atoms with Crippen molar-refractivity contribution in [2.45, 2.75) is 31.5 Å². The fraction of sp³-hybridized carbons (Fsp3) is 0.545. The van der Waals surface area contributed by atoms with Gasteiger partial charge in [0, 0.05) is 19.4 Å². The molecule has 12 heteroatoms. The smallest absolute Gasteiger partial charge is 0.354 e. The molecule has 3 N–H and O–H groups in total. The van der Waals surface area contributed by atoms with E-state index in [0.717, 1.165) is 0 Å². The van der Waals surface area contributed by atoms with Crippen LogP contribution >= 0.6 is 0 Å². The third-order valence-corrected chi connectivity index (χ3v) is 2.89. The second-order valence-electron chi connectivity index (χ2n) is 4.67. The molecule has 2 rings (SSSR count). The molecule has 4 amide bonds. The number of nitrogens with zero attached hydrogens (tertiary/aromatic N) is 2. The molecule has 1 fully saturated rings. The molecular weight excluding hydrogens is 323 g/mol. The Hall–Kier alpha value is -2.66. The van der Waals surface area contributed by atoms with Crippen molar-refractivity contribution in [3.63, 3.8) is 0 Å². The van der Waals surface area contributed by atoms with Crippen molar-refractivity contribution in [2.75, 3.05) is 6.54 Å². The summed E-state index contributed by atoms with van der Waals surface area (Å²) in [5.74, 6) is -2.72. The molecule has 0 saturated carbocycles. The number of alkyl halides is 3. The Bertz CT molecular complexity index is 615. The second kappa shape index (κ2) is 6.62. The molecule has 23 heavy (non-hydrogen) atoms. The van der Waals surface area contributed by atoms with E-state index in [4.69, 9.17) is 0 Å². The molecule has 0 aromatic carbocycles. The SMILES string of the molecule is O=C1CC[C@@H](C(=O)NCCc2noc(C(F)(F)F)n2)NC(=O)N1. The molecule has 1 aliphatic heterocycles. The van der Waals surface area contributed by atoms with Gasteiger partial charge in [0.05, 0.1) is 0 Å². The normalized spacial score (nSPS) is 18.8. The Labute approximate surface area is 127 Å². The number of aromatic nitrogens is 2. The van der Waals surface area contributed by atoms with E-state index in [1.165, 1.54) is 0 Å². The molecule has 0 bridgehead atoms. The topological polar surface area (TPSA) is 126 Å². The molecule has 1 aliphatic rings. The summed E-state index contributed by atoms with van der Waals surface area (Å²) in [6.07, 6.45) is -4.69. The number of carbonyl (C=O) groups excluding carboxylic acids is 3. The van der Waals surface area contributed by atoms with E-state index in [1.807, 2.05) is 5.32 Å². The largest absolute Gasteiger partial charge is 0.471 e. The van der Waals surface area contributed by atoms with Crippen LogP contribution in [0, 0.1) is 0 Å². The number of urea groups is 1. The lowest BCUT2D eigenvalue weighted by Crippen LogP contribution is -2.48. The highest BCUT2D eigenvalue weighted by atomic mass is 19.4. The maximum Gasteiger partial charge on any atom is 0.471 e. The molecule has 0 spiro atoms. The van der Waals surface area contributed by atoms with Crippen molar-refractivity contribution in [3.05, 3.63) is 11.7 Å². The zero-order valence-corrected chi connectivity index (χ0v) is 11.6. The second-order valence-corrected chi connectivity index (χ2v) is 4.67. The summed E-state index contributed by atoms with van der Waals surface area (Å²) in [6, 6.07) is -1.68. The predicted octanol–water partition coefficient (Wildman–Crippen LogP) is -0.265. The number of nitrogens with one attached hydrogen (secondary N) is 3. The van der Waals surface area contributed by atoms with Crippen LogP contribution in [0.15, 0.2) is 4.52 Å². The molecule has 0 aliphatic carbocycles. The van der Waals surface area contributed by atoms with Gasteiger partial charge in [0.15, 0.2) is 5.82 Å². The lowest BCUT2D eigenvalue weighted by Gasteiger charge is -2.14. The summed E-state index contributed by atoms with van der Waals surface area (Å²) >= 11 is 0. The lowest BCUT2D eigenvalue weighted by atomic mass is 10.1. The number of halogens is 3. The van der Waals surface area contributed by atoms with Crippen LogP contribution in [-0.4, -0.2) is 40.6 Å². The van der Waals surface area contributed by atoms with Crippen LogP contribution in [0.1, 0.15) is 24.6 Å². The summed E-state index contributed by atoms with van der Waals surface area (Å²) in [6.45, 7) is -0.0522. The first-order valence-electron chi connectivity index (χ1n) is 6.53. The highest BCUT2D eigenvalue weighted by Crippen LogP contribution is 2.27. The standard InChI is InChI=1S/C11H12F3N5O4/c12-11(13,14)9-17-6(19-23-9)3-4-15-8(21)5-1-2-7(20)18-10(22)16-5/h5H,1-4H2,(H,15,21)(H2,16,18,20,22)/t5-/m0/s1. The Balaban J connectivity index is 1.81. The van der Waals surface area contributed by atoms with Gasteiger partial charge in [0.1, 0.15) is 6.04 Å². The van der Waals surface area contributed by atoms with E-state index in [2.05, 4.69) is 25.3 Å². The molecule has 0 unspecified atom stereocenters. The fourth-order valence-corrected chi connectivity index (χ4v) is 1.82. The number of carbonyl (C=O) groups is 3. The van der Waals surface area contributed by atoms with Crippen molar-refractivity contribution in [1.82, 2.24) is 26.1 Å². The summed E-state index contributed by atoms with van der Waals surface area (Å²) in [7, 11) is 0. The van der Waals surface area contributed by atoms with Gasteiger partial charge in [-0.2, -0.15) is 18.2 Å². The van der Waals surface area contributed by atoms with E-state index in [1.54, 1.807) is 0 Å². The monoisotopic (exact) mass is 335 g/mol. The van der Waals surface area contributed by atoms with Gasteiger partial charge in [-0.25, -0.2) is 4.79 Å². The first-order chi connectivity index (χ1) is 10.8. The Morgan fingerprint density at radius 2 is 2.13 bits per heavy atom. The summed E-state index contributed by atoms with van der Waals surface area (Å²) in [5, 5.41) is 9.88.